The Labute approximate surface area is 132 Å². The molecular weight excluding hydrogens is 303 g/mol. The molecular formula is C17H12ClFN2O. The van der Waals surface area contributed by atoms with Crippen molar-refractivity contribution in [2.45, 2.75) is 6.92 Å². The van der Waals surface area contributed by atoms with Gasteiger partial charge in [-0.05, 0) is 48.9 Å². The van der Waals surface area contributed by atoms with E-state index in [0.717, 1.165) is 5.56 Å². The number of halogens is 2. The first-order valence-corrected chi connectivity index (χ1v) is 7.05. The average Bonchev–Trinajstić information content (AvgIpc) is 2.77. The lowest BCUT2D eigenvalue weighted by atomic mass is 10.1. The van der Waals surface area contributed by atoms with Crippen molar-refractivity contribution >= 4 is 35.0 Å². The summed E-state index contributed by atoms with van der Waals surface area (Å²) in [7, 11) is 0. The lowest BCUT2D eigenvalue weighted by Gasteiger charge is -2.11. The lowest BCUT2D eigenvalue weighted by Crippen LogP contribution is -2.21. The lowest BCUT2D eigenvalue weighted by molar-refractivity contribution is -0.114. The average molecular weight is 315 g/mol. The van der Waals surface area contributed by atoms with E-state index in [0.29, 0.717) is 22.0 Å². The van der Waals surface area contributed by atoms with Crippen molar-refractivity contribution in [2.75, 3.05) is 5.01 Å². The summed E-state index contributed by atoms with van der Waals surface area (Å²) in [5, 5.41) is 6.13. The van der Waals surface area contributed by atoms with Crippen LogP contribution in [0.5, 0.6) is 0 Å². The van der Waals surface area contributed by atoms with Crippen LogP contribution in [0.4, 0.5) is 10.1 Å². The number of hydrogen-bond donors (Lipinski definition) is 0. The van der Waals surface area contributed by atoms with Gasteiger partial charge in [-0.15, -0.1) is 0 Å². The third-order valence-corrected chi connectivity index (χ3v) is 3.53. The molecule has 0 spiro atoms. The number of carbonyl (C=O) groups excluding carboxylic acids is 1. The van der Waals surface area contributed by atoms with E-state index in [2.05, 4.69) is 5.10 Å². The fourth-order valence-corrected chi connectivity index (χ4v) is 2.38. The smallest absolute Gasteiger partial charge is 0.267 e. The second kappa shape index (κ2) is 5.73. The molecule has 1 aliphatic rings. The second-order valence-electron chi connectivity index (χ2n) is 4.89. The van der Waals surface area contributed by atoms with E-state index < -0.39 is 0 Å². The molecule has 5 heteroatoms. The number of anilines is 1. The van der Waals surface area contributed by atoms with Crippen molar-refractivity contribution < 1.29 is 9.18 Å². The molecule has 0 atom stereocenters. The van der Waals surface area contributed by atoms with E-state index in [1.54, 1.807) is 49.4 Å². The number of rotatable bonds is 2. The molecule has 0 saturated heterocycles. The van der Waals surface area contributed by atoms with Gasteiger partial charge >= 0.3 is 0 Å². The van der Waals surface area contributed by atoms with Crippen molar-refractivity contribution in [3.05, 3.63) is 70.5 Å². The van der Waals surface area contributed by atoms with Crippen LogP contribution in [0.2, 0.25) is 5.02 Å². The minimum atomic E-state index is -0.314. The number of carbonyl (C=O) groups is 1. The first-order chi connectivity index (χ1) is 10.5. The molecule has 0 saturated carbocycles. The molecule has 0 aromatic heterocycles. The van der Waals surface area contributed by atoms with Crippen LogP contribution in [0.1, 0.15) is 12.5 Å². The molecule has 0 fully saturated rings. The Morgan fingerprint density at radius 1 is 1.18 bits per heavy atom. The Bertz CT molecular complexity index is 797. The molecule has 22 heavy (non-hydrogen) atoms. The summed E-state index contributed by atoms with van der Waals surface area (Å²) in [6.07, 6.45) is 1.70. The van der Waals surface area contributed by atoms with Crippen molar-refractivity contribution in [2.24, 2.45) is 5.10 Å². The molecule has 2 aromatic rings. The molecule has 3 rings (SSSR count). The maximum absolute atomic E-state index is 12.9. The highest BCUT2D eigenvalue weighted by atomic mass is 35.5. The standard InChI is InChI=1S/C17H12ClFN2O/c1-11-16(9-12-5-7-14(19)8-6-12)17(22)21(20-11)15-4-2-3-13(18)10-15/h2-10H,1H3/b16-9+. The molecule has 3 nitrogen and oxygen atoms in total. The SMILES string of the molecule is CC1=NN(c2cccc(Cl)c2)C(=O)/C1=C/c1ccc(F)cc1. The molecule has 110 valence electrons. The van der Waals surface area contributed by atoms with Crippen molar-refractivity contribution in [1.29, 1.82) is 0 Å². The van der Waals surface area contributed by atoms with Crippen LogP contribution >= 0.6 is 11.6 Å². The van der Waals surface area contributed by atoms with E-state index in [-0.39, 0.29) is 11.7 Å². The van der Waals surface area contributed by atoms with Crippen LogP contribution in [-0.4, -0.2) is 11.6 Å². The Balaban J connectivity index is 1.94. The summed E-state index contributed by atoms with van der Waals surface area (Å²) < 4.78 is 12.9. The van der Waals surface area contributed by atoms with Gasteiger partial charge < -0.3 is 0 Å². The predicted molar refractivity (Wildman–Crippen MR) is 86.4 cm³/mol. The van der Waals surface area contributed by atoms with Gasteiger partial charge in [-0.25, -0.2) is 4.39 Å². The van der Waals surface area contributed by atoms with Crippen molar-refractivity contribution in [3.8, 4) is 0 Å². The monoisotopic (exact) mass is 314 g/mol. The van der Waals surface area contributed by atoms with E-state index >= 15 is 0 Å². The Morgan fingerprint density at radius 3 is 2.59 bits per heavy atom. The predicted octanol–water partition coefficient (Wildman–Crippen LogP) is 4.29. The molecule has 0 bridgehead atoms. The van der Waals surface area contributed by atoms with Crippen molar-refractivity contribution in [3.63, 3.8) is 0 Å². The van der Waals surface area contributed by atoms with E-state index in [1.807, 2.05) is 0 Å². The molecule has 0 radical (unpaired) electrons. The normalized spacial score (nSPS) is 16.3. The van der Waals surface area contributed by atoms with Crippen molar-refractivity contribution in [1.82, 2.24) is 0 Å². The Morgan fingerprint density at radius 2 is 1.91 bits per heavy atom. The quantitative estimate of drug-likeness (QED) is 0.761. The van der Waals surface area contributed by atoms with Gasteiger partial charge in [0.15, 0.2) is 0 Å². The molecule has 0 N–H and O–H groups in total. The van der Waals surface area contributed by atoms with E-state index in [9.17, 15) is 9.18 Å². The van der Waals surface area contributed by atoms with E-state index in [4.69, 9.17) is 11.6 Å². The maximum Gasteiger partial charge on any atom is 0.280 e. The van der Waals surface area contributed by atoms with E-state index in [1.165, 1.54) is 17.1 Å². The minimum absolute atomic E-state index is 0.232. The summed E-state index contributed by atoms with van der Waals surface area (Å²) in [6.45, 7) is 1.76. The first-order valence-electron chi connectivity index (χ1n) is 6.67. The fourth-order valence-electron chi connectivity index (χ4n) is 2.19. The highest BCUT2D eigenvalue weighted by Gasteiger charge is 2.28. The topological polar surface area (TPSA) is 32.7 Å². The number of benzene rings is 2. The highest BCUT2D eigenvalue weighted by molar-refractivity contribution is 6.33. The molecule has 1 heterocycles. The van der Waals surface area contributed by atoms with Gasteiger partial charge in [0.05, 0.1) is 17.0 Å². The van der Waals surface area contributed by atoms with Crippen LogP contribution in [-0.2, 0) is 4.79 Å². The van der Waals surface area contributed by atoms with Gasteiger partial charge in [-0.1, -0.05) is 29.8 Å². The maximum atomic E-state index is 12.9. The number of hydrogen-bond acceptors (Lipinski definition) is 2. The molecule has 1 aliphatic heterocycles. The number of amides is 1. The summed E-state index contributed by atoms with van der Waals surface area (Å²) >= 11 is 5.95. The van der Waals surface area contributed by atoms with Gasteiger partial charge in [0.2, 0.25) is 0 Å². The van der Waals surface area contributed by atoms with Gasteiger partial charge in [0.1, 0.15) is 5.82 Å². The highest BCUT2D eigenvalue weighted by Crippen LogP contribution is 2.26. The summed E-state index contributed by atoms with van der Waals surface area (Å²) in [5.74, 6) is -0.546. The van der Waals surface area contributed by atoms with Crippen LogP contribution in [0.25, 0.3) is 6.08 Å². The second-order valence-corrected chi connectivity index (χ2v) is 5.33. The number of hydrazone groups is 1. The van der Waals surface area contributed by atoms with Gasteiger partial charge in [-0.3, -0.25) is 4.79 Å². The minimum Gasteiger partial charge on any atom is -0.267 e. The number of nitrogens with zero attached hydrogens (tertiary/aromatic N) is 2. The van der Waals surface area contributed by atoms with Gasteiger partial charge in [-0.2, -0.15) is 10.1 Å². The third kappa shape index (κ3) is 2.78. The molecule has 2 aromatic carbocycles. The fraction of sp³-hybridized carbons (Fsp3) is 0.0588. The summed E-state index contributed by atoms with van der Waals surface area (Å²) in [4.78, 5) is 12.5. The van der Waals surface area contributed by atoms with Crippen LogP contribution in [0.15, 0.2) is 59.2 Å². The van der Waals surface area contributed by atoms with Crippen LogP contribution in [0, 0.1) is 5.82 Å². The Hall–Kier alpha value is -2.46. The molecule has 0 aliphatic carbocycles. The largest absolute Gasteiger partial charge is 0.280 e. The molecule has 0 unspecified atom stereocenters. The zero-order valence-electron chi connectivity index (χ0n) is 11.8. The third-order valence-electron chi connectivity index (χ3n) is 3.30. The summed E-state index contributed by atoms with van der Waals surface area (Å²) in [6, 6.07) is 12.9. The zero-order valence-corrected chi connectivity index (χ0v) is 12.5. The van der Waals surface area contributed by atoms with Gasteiger partial charge in [0.25, 0.3) is 5.91 Å². The van der Waals surface area contributed by atoms with Crippen LogP contribution < -0.4 is 5.01 Å². The van der Waals surface area contributed by atoms with Gasteiger partial charge in [0, 0.05) is 5.02 Å². The first kappa shape index (κ1) is 14.5. The Kier molecular flexibility index (Phi) is 3.77. The van der Waals surface area contributed by atoms with Crippen LogP contribution in [0.3, 0.4) is 0 Å². The zero-order chi connectivity index (χ0) is 15.7. The summed E-state index contributed by atoms with van der Waals surface area (Å²) in [5.41, 5.74) is 2.44. The molecule has 1 amide bonds.